The lowest BCUT2D eigenvalue weighted by Gasteiger charge is -2.07. The molecule has 3 rings (SSSR count). The average molecular weight is 408 g/mol. The monoisotopic (exact) mass is 407 g/mol. The van der Waals surface area contributed by atoms with Crippen LogP contribution in [-0.2, 0) is 4.79 Å². The van der Waals surface area contributed by atoms with Crippen LogP contribution in [0.2, 0.25) is 10.0 Å². The van der Waals surface area contributed by atoms with Crippen molar-refractivity contribution in [1.29, 1.82) is 0 Å². The van der Waals surface area contributed by atoms with E-state index in [0.717, 1.165) is 11.1 Å². The number of nitrogens with one attached hydrogen (secondary N) is 1. The Morgan fingerprint density at radius 1 is 1.19 bits per heavy atom. The molecule has 1 heterocycles. The zero-order valence-corrected chi connectivity index (χ0v) is 16.1. The van der Waals surface area contributed by atoms with Crippen molar-refractivity contribution in [3.63, 3.8) is 0 Å². The van der Waals surface area contributed by atoms with Gasteiger partial charge in [0.25, 0.3) is 0 Å². The molecule has 26 heavy (non-hydrogen) atoms. The summed E-state index contributed by atoms with van der Waals surface area (Å²) >= 11 is 13.0. The van der Waals surface area contributed by atoms with Gasteiger partial charge < -0.3 is 11.2 Å². The first-order valence-corrected chi connectivity index (χ1v) is 9.34. The summed E-state index contributed by atoms with van der Waals surface area (Å²) < 4.78 is 1.39. The van der Waals surface area contributed by atoms with Crippen LogP contribution < -0.4 is 11.2 Å². The van der Waals surface area contributed by atoms with Gasteiger partial charge in [0.1, 0.15) is 0 Å². The minimum atomic E-state index is -0.214. The molecule has 3 N–H and O–H groups in total. The first-order valence-electron chi connectivity index (χ1n) is 7.60. The fourth-order valence-corrected chi connectivity index (χ4v) is 3.24. The van der Waals surface area contributed by atoms with Crippen molar-refractivity contribution in [3.8, 4) is 11.4 Å². The van der Waals surface area contributed by atoms with Crippen LogP contribution in [0.5, 0.6) is 0 Å². The van der Waals surface area contributed by atoms with Crippen LogP contribution >= 0.6 is 35.0 Å². The third-order valence-electron chi connectivity index (χ3n) is 3.59. The van der Waals surface area contributed by atoms with Crippen molar-refractivity contribution in [3.05, 3.63) is 58.1 Å². The van der Waals surface area contributed by atoms with E-state index in [9.17, 15) is 4.79 Å². The number of rotatable bonds is 5. The molecular weight excluding hydrogens is 393 g/mol. The molecule has 0 aliphatic heterocycles. The molecule has 6 nitrogen and oxygen atoms in total. The van der Waals surface area contributed by atoms with E-state index in [1.54, 1.807) is 18.2 Å². The highest BCUT2D eigenvalue weighted by atomic mass is 35.5. The second kappa shape index (κ2) is 7.99. The van der Waals surface area contributed by atoms with Crippen molar-refractivity contribution < 1.29 is 4.79 Å². The average Bonchev–Trinajstić information content (AvgIpc) is 2.97. The van der Waals surface area contributed by atoms with E-state index in [1.165, 1.54) is 16.4 Å². The standard InChI is InChI=1S/C17H15Cl2N5OS/c1-10-4-2-3-5-12(10)16-22-23-17(24(16)20)26-9-15(25)21-11-6-7-13(18)14(19)8-11/h2-8H,9,20H2,1H3,(H,21,25). The van der Waals surface area contributed by atoms with Gasteiger partial charge in [-0.05, 0) is 30.7 Å². The molecule has 0 unspecified atom stereocenters. The fourth-order valence-electron chi connectivity index (χ4n) is 2.28. The Morgan fingerprint density at radius 3 is 2.69 bits per heavy atom. The maximum atomic E-state index is 12.1. The number of halogens is 2. The van der Waals surface area contributed by atoms with Gasteiger partial charge in [-0.1, -0.05) is 59.2 Å². The highest BCUT2D eigenvalue weighted by molar-refractivity contribution is 7.99. The molecule has 1 aromatic heterocycles. The smallest absolute Gasteiger partial charge is 0.234 e. The molecule has 0 saturated carbocycles. The van der Waals surface area contributed by atoms with E-state index in [2.05, 4.69) is 15.5 Å². The Kier molecular flexibility index (Phi) is 5.70. The normalized spacial score (nSPS) is 10.7. The molecule has 0 aliphatic carbocycles. The molecule has 134 valence electrons. The summed E-state index contributed by atoms with van der Waals surface area (Å²) in [6, 6.07) is 12.6. The molecule has 0 fully saturated rings. The highest BCUT2D eigenvalue weighted by Crippen LogP contribution is 2.26. The van der Waals surface area contributed by atoms with Gasteiger partial charge in [-0.15, -0.1) is 10.2 Å². The lowest BCUT2D eigenvalue weighted by Crippen LogP contribution is -2.16. The van der Waals surface area contributed by atoms with Crippen LogP contribution in [0.1, 0.15) is 5.56 Å². The number of anilines is 1. The van der Waals surface area contributed by atoms with Crippen LogP contribution in [0, 0.1) is 6.92 Å². The third kappa shape index (κ3) is 4.12. The molecule has 0 aliphatic rings. The van der Waals surface area contributed by atoms with Crippen molar-refractivity contribution in [2.45, 2.75) is 12.1 Å². The summed E-state index contributed by atoms with van der Waals surface area (Å²) in [5.41, 5.74) is 2.51. The topological polar surface area (TPSA) is 85.8 Å². The molecule has 0 radical (unpaired) electrons. The molecule has 0 spiro atoms. The Bertz CT molecular complexity index is 960. The number of nitrogens with zero attached hydrogens (tertiary/aromatic N) is 3. The second-order valence-electron chi connectivity index (χ2n) is 5.46. The summed E-state index contributed by atoms with van der Waals surface area (Å²) in [5.74, 6) is 6.55. The van der Waals surface area contributed by atoms with Gasteiger partial charge in [0.2, 0.25) is 11.1 Å². The Morgan fingerprint density at radius 2 is 1.96 bits per heavy atom. The summed E-state index contributed by atoms with van der Waals surface area (Å²) in [6.45, 7) is 1.97. The number of hydrogen-bond acceptors (Lipinski definition) is 5. The molecule has 2 aromatic carbocycles. The first kappa shape index (κ1) is 18.6. The number of aromatic nitrogens is 3. The minimum Gasteiger partial charge on any atom is -0.335 e. The highest BCUT2D eigenvalue weighted by Gasteiger charge is 2.15. The van der Waals surface area contributed by atoms with Crippen LogP contribution in [0.15, 0.2) is 47.6 Å². The van der Waals surface area contributed by atoms with E-state index < -0.39 is 0 Å². The lowest BCUT2D eigenvalue weighted by molar-refractivity contribution is -0.113. The van der Waals surface area contributed by atoms with Crippen LogP contribution in [-0.4, -0.2) is 26.5 Å². The molecule has 1 amide bonds. The molecular formula is C17H15Cl2N5OS. The largest absolute Gasteiger partial charge is 0.335 e. The lowest BCUT2D eigenvalue weighted by atomic mass is 10.1. The van der Waals surface area contributed by atoms with Crippen LogP contribution in [0.25, 0.3) is 11.4 Å². The fraction of sp³-hybridized carbons (Fsp3) is 0.118. The Hall–Kier alpha value is -2.22. The maximum absolute atomic E-state index is 12.1. The van der Waals surface area contributed by atoms with Crippen molar-refractivity contribution >= 4 is 46.6 Å². The Balaban J connectivity index is 1.66. The van der Waals surface area contributed by atoms with E-state index in [1.807, 2.05) is 31.2 Å². The molecule has 0 saturated heterocycles. The van der Waals surface area contributed by atoms with Crippen LogP contribution in [0.4, 0.5) is 5.69 Å². The predicted octanol–water partition coefficient (Wildman–Crippen LogP) is 4.00. The maximum Gasteiger partial charge on any atom is 0.234 e. The number of thioether (sulfide) groups is 1. The SMILES string of the molecule is Cc1ccccc1-c1nnc(SCC(=O)Nc2ccc(Cl)c(Cl)c2)n1N. The van der Waals surface area contributed by atoms with Gasteiger partial charge in [0.15, 0.2) is 5.82 Å². The number of carbonyl (C=O) groups excluding carboxylic acids is 1. The first-order chi connectivity index (χ1) is 12.5. The quantitative estimate of drug-likeness (QED) is 0.492. The molecule has 0 atom stereocenters. The van der Waals surface area contributed by atoms with Gasteiger partial charge in [-0.25, -0.2) is 4.68 Å². The Labute approximate surface area is 164 Å². The number of hydrogen-bond donors (Lipinski definition) is 2. The zero-order valence-electron chi connectivity index (χ0n) is 13.7. The molecule has 0 bridgehead atoms. The summed E-state index contributed by atoms with van der Waals surface area (Å²) in [5, 5.41) is 12.2. The summed E-state index contributed by atoms with van der Waals surface area (Å²) in [7, 11) is 0. The van der Waals surface area contributed by atoms with Crippen molar-refractivity contribution in [2.75, 3.05) is 16.9 Å². The minimum absolute atomic E-state index is 0.128. The number of aryl methyl sites for hydroxylation is 1. The van der Waals surface area contributed by atoms with Gasteiger partial charge in [0, 0.05) is 11.3 Å². The zero-order chi connectivity index (χ0) is 18.7. The van der Waals surface area contributed by atoms with Gasteiger partial charge >= 0.3 is 0 Å². The number of amides is 1. The predicted molar refractivity (Wildman–Crippen MR) is 106 cm³/mol. The molecule has 9 heteroatoms. The van der Waals surface area contributed by atoms with Crippen molar-refractivity contribution in [1.82, 2.24) is 14.9 Å². The molecule has 3 aromatic rings. The van der Waals surface area contributed by atoms with E-state index in [-0.39, 0.29) is 11.7 Å². The third-order valence-corrected chi connectivity index (χ3v) is 5.27. The van der Waals surface area contributed by atoms with E-state index in [0.29, 0.717) is 26.7 Å². The van der Waals surface area contributed by atoms with Gasteiger partial charge in [-0.3, -0.25) is 4.79 Å². The van der Waals surface area contributed by atoms with E-state index in [4.69, 9.17) is 29.0 Å². The number of carbonyl (C=O) groups is 1. The van der Waals surface area contributed by atoms with E-state index >= 15 is 0 Å². The number of nitrogens with two attached hydrogens (primary N) is 1. The number of benzene rings is 2. The number of nitrogen functional groups attached to an aromatic ring is 1. The van der Waals surface area contributed by atoms with Gasteiger partial charge in [-0.2, -0.15) is 0 Å². The summed E-state index contributed by atoms with van der Waals surface area (Å²) in [4.78, 5) is 12.1. The van der Waals surface area contributed by atoms with Crippen molar-refractivity contribution in [2.24, 2.45) is 0 Å². The summed E-state index contributed by atoms with van der Waals surface area (Å²) in [6.07, 6.45) is 0. The van der Waals surface area contributed by atoms with Crippen LogP contribution in [0.3, 0.4) is 0 Å². The van der Waals surface area contributed by atoms with Gasteiger partial charge in [0.05, 0.1) is 15.8 Å². The second-order valence-corrected chi connectivity index (χ2v) is 7.21.